The zero-order valence-corrected chi connectivity index (χ0v) is 13.3. The molecule has 3 nitrogen and oxygen atoms in total. The molecule has 0 saturated carbocycles. The number of carbonyl (C=O) groups is 2. The van der Waals surface area contributed by atoms with Crippen LogP contribution in [0.4, 0.5) is 0 Å². The largest absolute Gasteiger partial charge is 0.466 e. The number of Topliss-reactive ketones (excluding diaryl/α,β-unsaturated/α-hetero) is 1. The molecule has 0 bridgehead atoms. The van der Waals surface area contributed by atoms with Crippen molar-refractivity contribution in [3.63, 3.8) is 0 Å². The molecule has 1 aromatic rings. The fraction of sp³-hybridized carbons (Fsp3) is 0.368. The van der Waals surface area contributed by atoms with Crippen molar-refractivity contribution in [2.24, 2.45) is 11.8 Å². The van der Waals surface area contributed by atoms with Gasteiger partial charge in [0.2, 0.25) is 0 Å². The Bertz CT molecular complexity index is 611. The first-order valence-corrected chi connectivity index (χ1v) is 7.64. The second-order valence-electron chi connectivity index (χ2n) is 5.63. The van der Waals surface area contributed by atoms with Crippen molar-refractivity contribution in [3.05, 3.63) is 53.1 Å². The predicted molar refractivity (Wildman–Crippen MR) is 87.1 cm³/mol. The first-order valence-electron chi connectivity index (χ1n) is 7.64. The summed E-state index contributed by atoms with van der Waals surface area (Å²) in [6.07, 6.45) is 4.52. The topological polar surface area (TPSA) is 43.4 Å². The molecular weight excluding hydrogens is 276 g/mol. The molecule has 0 fully saturated rings. The Balaban J connectivity index is 2.34. The minimum atomic E-state index is -0.420. The maximum absolute atomic E-state index is 12.2. The Hall–Kier alpha value is -2.16. The van der Waals surface area contributed by atoms with Crippen LogP contribution in [0.2, 0.25) is 0 Å². The zero-order chi connectivity index (χ0) is 16.1. The first kappa shape index (κ1) is 16.2. The molecule has 1 aromatic carbocycles. The molecule has 0 radical (unpaired) electrons. The highest BCUT2D eigenvalue weighted by molar-refractivity contribution is 5.88. The monoisotopic (exact) mass is 298 g/mol. The summed E-state index contributed by atoms with van der Waals surface area (Å²) < 4.78 is 5.15. The van der Waals surface area contributed by atoms with Gasteiger partial charge in [0.05, 0.1) is 12.5 Å². The van der Waals surface area contributed by atoms with Crippen molar-refractivity contribution in [3.8, 4) is 0 Å². The van der Waals surface area contributed by atoms with Crippen molar-refractivity contribution in [1.29, 1.82) is 0 Å². The first-order chi connectivity index (χ1) is 10.5. The van der Waals surface area contributed by atoms with E-state index in [0.717, 1.165) is 16.7 Å². The average Bonchev–Trinajstić information content (AvgIpc) is 2.50. The van der Waals surface area contributed by atoms with Gasteiger partial charge in [0.25, 0.3) is 0 Å². The van der Waals surface area contributed by atoms with Gasteiger partial charge < -0.3 is 4.74 Å². The average molecular weight is 298 g/mol. The molecule has 0 aliphatic heterocycles. The third-order valence-corrected chi connectivity index (χ3v) is 4.01. The summed E-state index contributed by atoms with van der Waals surface area (Å²) in [4.78, 5) is 24.0. The highest BCUT2D eigenvalue weighted by Crippen LogP contribution is 2.35. The SMILES string of the molecule is CCOC(=O)C1C/C(=C/c2ccccc2)C(C)=CC1C(C)=O. The highest BCUT2D eigenvalue weighted by Gasteiger charge is 2.35. The van der Waals surface area contributed by atoms with Gasteiger partial charge in [-0.1, -0.05) is 48.1 Å². The molecule has 1 aliphatic rings. The van der Waals surface area contributed by atoms with Crippen LogP contribution in [0.5, 0.6) is 0 Å². The van der Waals surface area contributed by atoms with Gasteiger partial charge in [-0.05, 0) is 38.3 Å². The second-order valence-corrected chi connectivity index (χ2v) is 5.63. The van der Waals surface area contributed by atoms with Gasteiger partial charge in [-0.2, -0.15) is 0 Å². The summed E-state index contributed by atoms with van der Waals surface area (Å²) in [6.45, 7) is 5.64. The lowest BCUT2D eigenvalue weighted by atomic mass is 9.76. The minimum absolute atomic E-state index is 0.0103. The molecule has 3 heteroatoms. The smallest absolute Gasteiger partial charge is 0.310 e. The van der Waals surface area contributed by atoms with E-state index in [1.807, 2.05) is 43.3 Å². The molecule has 2 atom stereocenters. The number of esters is 1. The van der Waals surface area contributed by atoms with Crippen LogP contribution in [0.25, 0.3) is 6.08 Å². The van der Waals surface area contributed by atoms with E-state index in [1.165, 1.54) is 6.92 Å². The number of ether oxygens (including phenoxy) is 1. The molecule has 0 N–H and O–H groups in total. The van der Waals surface area contributed by atoms with E-state index >= 15 is 0 Å². The van der Waals surface area contributed by atoms with E-state index in [9.17, 15) is 9.59 Å². The van der Waals surface area contributed by atoms with Gasteiger partial charge >= 0.3 is 5.97 Å². The molecule has 0 saturated heterocycles. The molecule has 22 heavy (non-hydrogen) atoms. The maximum atomic E-state index is 12.2. The second kappa shape index (κ2) is 7.21. The third kappa shape index (κ3) is 3.73. The lowest BCUT2D eigenvalue weighted by molar-refractivity contribution is -0.151. The van der Waals surface area contributed by atoms with Crippen LogP contribution in [0.15, 0.2) is 47.6 Å². The van der Waals surface area contributed by atoms with E-state index in [0.29, 0.717) is 13.0 Å². The van der Waals surface area contributed by atoms with E-state index in [-0.39, 0.29) is 17.7 Å². The number of allylic oxidation sites excluding steroid dienone is 3. The Morgan fingerprint density at radius 1 is 1.27 bits per heavy atom. The fourth-order valence-corrected chi connectivity index (χ4v) is 2.82. The summed E-state index contributed by atoms with van der Waals surface area (Å²) in [6, 6.07) is 9.98. The number of ketones is 1. The number of carbonyl (C=O) groups excluding carboxylic acids is 2. The van der Waals surface area contributed by atoms with Crippen LogP contribution in [0.3, 0.4) is 0 Å². The van der Waals surface area contributed by atoms with Crippen molar-refractivity contribution in [2.45, 2.75) is 27.2 Å². The van der Waals surface area contributed by atoms with Crippen LogP contribution in [0, 0.1) is 11.8 Å². The summed E-state index contributed by atoms with van der Waals surface area (Å²) in [5.41, 5.74) is 3.24. The molecule has 0 heterocycles. The predicted octanol–water partition coefficient (Wildman–Crippen LogP) is 3.80. The van der Waals surface area contributed by atoms with E-state index in [1.54, 1.807) is 6.92 Å². The van der Waals surface area contributed by atoms with E-state index < -0.39 is 5.92 Å². The Morgan fingerprint density at radius 2 is 1.95 bits per heavy atom. The van der Waals surface area contributed by atoms with Gasteiger partial charge in [0.15, 0.2) is 0 Å². The van der Waals surface area contributed by atoms with E-state index in [4.69, 9.17) is 4.74 Å². The van der Waals surface area contributed by atoms with Crippen molar-refractivity contribution < 1.29 is 14.3 Å². The Morgan fingerprint density at radius 3 is 2.55 bits per heavy atom. The van der Waals surface area contributed by atoms with Crippen LogP contribution < -0.4 is 0 Å². The molecule has 0 amide bonds. The third-order valence-electron chi connectivity index (χ3n) is 4.01. The standard InChI is InChI=1S/C19H22O3/c1-4-22-19(21)18-12-16(11-15-8-6-5-7-9-15)13(2)10-17(18)14(3)20/h5-11,17-18H,4,12H2,1-3H3/b16-11-. The number of hydrogen-bond acceptors (Lipinski definition) is 3. The van der Waals surface area contributed by atoms with E-state index in [2.05, 4.69) is 6.08 Å². The van der Waals surface area contributed by atoms with Gasteiger partial charge in [-0.15, -0.1) is 0 Å². The van der Waals surface area contributed by atoms with Gasteiger partial charge in [0, 0.05) is 5.92 Å². The van der Waals surface area contributed by atoms with Crippen molar-refractivity contribution in [2.75, 3.05) is 6.61 Å². The van der Waals surface area contributed by atoms with Crippen molar-refractivity contribution in [1.82, 2.24) is 0 Å². The van der Waals surface area contributed by atoms with Crippen LogP contribution >= 0.6 is 0 Å². The van der Waals surface area contributed by atoms with Crippen LogP contribution in [-0.4, -0.2) is 18.4 Å². The lowest BCUT2D eigenvalue weighted by Crippen LogP contribution is -2.32. The number of benzene rings is 1. The minimum Gasteiger partial charge on any atom is -0.466 e. The fourth-order valence-electron chi connectivity index (χ4n) is 2.82. The molecule has 0 aromatic heterocycles. The molecular formula is C19H22O3. The Labute approximate surface area is 131 Å². The molecule has 2 rings (SSSR count). The summed E-state index contributed by atoms with van der Waals surface area (Å²) >= 11 is 0. The Kier molecular flexibility index (Phi) is 5.31. The molecule has 116 valence electrons. The van der Waals surface area contributed by atoms with Gasteiger partial charge in [-0.25, -0.2) is 0 Å². The van der Waals surface area contributed by atoms with Crippen LogP contribution in [-0.2, 0) is 14.3 Å². The van der Waals surface area contributed by atoms with Gasteiger partial charge in [-0.3, -0.25) is 9.59 Å². The molecule has 0 spiro atoms. The zero-order valence-electron chi connectivity index (χ0n) is 13.3. The number of hydrogen-bond donors (Lipinski definition) is 0. The van der Waals surface area contributed by atoms with Crippen molar-refractivity contribution >= 4 is 17.8 Å². The quantitative estimate of drug-likeness (QED) is 0.794. The van der Waals surface area contributed by atoms with Crippen LogP contribution in [0.1, 0.15) is 32.8 Å². The number of rotatable bonds is 4. The molecule has 1 aliphatic carbocycles. The summed E-state index contributed by atoms with van der Waals surface area (Å²) in [7, 11) is 0. The van der Waals surface area contributed by atoms with Gasteiger partial charge in [0.1, 0.15) is 5.78 Å². The molecule has 2 unspecified atom stereocenters. The maximum Gasteiger partial charge on any atom is 0.310 e. The normalized spacial score (nSPS) is 23.0. The lowest BCUT2D eigenvalue weighted by Gasteiger charge is -2.28. The highest BCUT2D eigenvalue weighted by atomic mass is 16.5. The summed E-state index contributed by atoms with van der Waals surface area (Å²) in [5.74, 6) is -1.08. The summed E-state index contributed by atoms with van der Waals surface area (Å²) in [5, 5.41) is 0.